The largest absolute Gasteiger partial charge is 0.491 e. The van der Waals surface area contributed by atoms with Gasteiger partial charge in [-0.3, -0.25) is 9.78 Å². The monoisotopic (exact) mass is 414 g/mol. The van der Waals surface area contributed by atoms with Crippen molar-refractivity contribution in [2.45, 2.75) is 33.4 Å². The molecule has 0 radical (unpaired) electrons. The number of imidazole rings is 1. The second-order valence-corrected chi connectivity index (χ2v) is 7.57. The third kappa shape index (κ3) is 4.43. The van der Waals surface area contributed by atoms with Crippen LogP contribution in [0.4, 0.5) is 0 Å². The number of para-hydroxylation sites is 2. The first-order valence-corrected chi connectivity index (χ1v) is 10.4. The molecule has 2 heterocycles. The number of aryl methyl sites for hydroxylation is 1. The van der Waals surface area contributed by atoms with Crippen molar-refractivity contribution in [3.05, 3.63) is 89.5 Å². The van der Waals surface area contributed by atoms with Crippen LogP contribution in [0.3, 0.4) is 0 Å². The van der Waals surface area contributed by atoms with Gasteiger partial charge in [0.1, 0.15) is 23.9 Å². The van der Waals surface area contributed by atoms with E-state index in [1.807, 2.05) is 43.3 Å². The Morgan fingerprint density at radius 1 is 1.06 bits per heavy atom. The fraction of sp³-hybridized carbons (Fsp3) is 0.240. The molecule has 1 N–H and O–H groups in total. The molecule has 0 saturated carbocycles. The Labute approximate surface area is 181 Å². The maximum Gasteiger partial charge on any atom is 0.270 e. The van der Waals surface area contributed by atoms with Crippen molar-refractivity contribution in [3.63, 3.8) is 0 Å². The lowest BCUT2D eigenvalue weighted by atomic mass is 10.1. The average Bonchev–Trinajstić information content (AvgIpc) is 3.16. The van der Waals surface area contributed by atoms with Crippen molar-refractivity contribution in [2.24, 2.45) is 0 Å². The van der Waals surface area contributed by atoms with E-state index in [0.717, 1.165) is 28.2 Å². The smallest absolute Gasteiger partial charge is 0.270 e. The maximum absolute atomic E-state index is 12.6. The van der Waals surface area contributed by atoms with Gasteiger partial charge in [-0.05, 0) is 62.2 Å². The van der Waals surface area contributed by atoms with Gasteiger partial charge >= 0.3 is 0 Å². The Morgan fingerprint density at radius 3 is 2.68 bits per heavy atom. The van der Waals surface area contributed by atoms with Gasteiger partial charge in [-0.25, -0.2) is 4.98 Å². The van der Waals surface area contributed by atoms with Crippen LogP contribution in [0.25, 0.3) is 11.0 Å². The van der Waals surface area contributed by atoms with E-state index in [1.165, 1.54) is 5.56 Å². The van der Waals surface area contributed by atoms with Gasteiger partial charge in [-0.15, -0.1) is 0 Å². The van der Waals surface area contributed by atoms with Gasteiger partial charge in [0.25, 0.3) is 5.91 Å². The number of nitrogens with one attached hydrogen (secondary N) is 1. The molecule has 4 aromatic rings. The summed E-state index contributed by atoms with van der Waals surface area (Å²) >= 11 is 0. The summed E-state index contributed by atoms with van der Waals surface area (Å²) in [6.45, 7) is 7.20. The molecule has 158 valence electrons. The Kier molecular flexibility index (Phi) is 5.98. The summed E-state index contributed by atoms with van der Waals surface area (Å²) in [6, 6.07) is 19.0. The summed E-state index contributed by atoms with van der Waals surface area (Å²) in [5, 5.41) is 3.01. The van der Waals surface area contributed by atoms with Gasteiger partial charge in [-0.1, -0.05) is 30.3 Å². The van der Waals surface area contributed by atoms with Crippen molar-refractivity contribution in [1.82, 2.24) is 19.9 Å². The first-order valence-electron chi connectivity index (χ1n) is 10.4. The first kappa shape index (κ1) is 20.6. The molecule has 6 heteroatoms. The minimum atomic E-state index is -0.289. The summed E-state index contributed by atoms with van der Waals surface area (Å²) in [6.07, 6.45) is 1.61. The van der Waals surface area contributed by atoms with Gasteiger partial charge < -0.3 is 14.6 Å². The predicted octanol–water partition coefficient (Wildman–Crippen LogP) is 4.62. The molecule has 0 saturated heterocycles. The molecule has 1 atom stereocenters. The number of hydrogen-bond acceptors (Lipinski definition) is 4. The summed E-state index contributed by atoms with van der Waals surface area (Å²) in [7, 11) is 0. The number of benzene rings is 2. The summed E-state index contributed by atoms with van der Waals surface area (Å²) in [4.78, 5) is 21.5. The second-order valence-electron chi connectivity index (χ2n) is 7.57. The van der Waals surface area contributed by atoms with E-state index in [9.17, 15) is 4.79 Å². The molecule has 0 fully saturated rings. The number of carbonyl (C=O) groups excluding carboxylic acids is 1. The highest BCUT2D eigenvalue weighted by Gasteiger charge is 2.19. The number of hydrogen-bond donors (Lipinski definition) is 1. The molecule has 0 aliphatic rings. The van der Waals surface area contributed by atoms with Crippen molar-refractivity contribution < 1.29 is 9.53 Å². The normalized spacial score (nSPS) is 12.0. The SMILES string of the molecule is Cc1cccc(OCCn2c(C(C)NC(=O)c3ccccn3)nc3ccccc32)c1C. The molecule has 31 heavy (non-hydrogen) atoms. The number of aromatic nitrogens is 3. The van der Waals surface area contributed by atoms with Crippen molar-refractivity contribution in [1.29, 1.82) is 0 Å². The third-order valence-corrected chi connectivity index (χ3v) is 5.44. The fourth-order valence-electron chi connectivity index (χ4n) is 3.62. The van der Waals surface area contributed by atoms with Crippen LogP contribution in [0.5, 0.6) is 5.75 Å². The quantitative estimate of drug-likeness (QED) is 0.479. The van der Waals surface area contributed by atoms with Gasteiger partial charge in [0.2, 0.25) is 0 Å². The second kappa shape index (κ2) is 9.00. The number of ether oxygens (including phenoxy) is 1. The zero-order chi connectivity index (χ0) is 21.8. The minimum Gasteiger partial charge on any atom is -0.491 e. The Bertz CT molecular complexity index is 1200. The number of nitrogens with zero attached hydrogens (tertiary/aromatic N) is 3. The zero-order valence-corrected chi connectivity index (χ0v) is 18.0. The van der Waals surface area contributed by atoms with Gasteiger partial charge in [0.05, 0.1) is 23.6 Å². The van der Waals surface area contributed by atoms with Crippen LogP contribution < -0.4 is 10.1 Å². The molecule has 2 aromatic carbocycles. The average molecular weight is 415 g/mol. The Hall–Kier alpha value is -3.67. The summed E-state index contributed by atoms with van der Waals surface area (Å²) in [5.74, 6) is 1.45. The maximum atomic E-state index is 12.6. The molecule has 0 bridgehead atoms. The minimum absolute atomic E-state index is 0.224. The van der Waals surface area contributed by atoms with Crippen molar-refractivity contribution in [3.8, 4) is 5.75 Å². The Morgan fingerprint density at radius 2 is 1.87 bits per heavy atom. The molecule has 0 aliphatic heterocycles. The van der Waals surface area contributed by atoms with Gasteiger partial charge in [0.15, 0.2) is 0 Å². The van der Waals surface area contributed by atoms with Crippen LogP contribution in [-0.2, 0) is 6.54 Å². The number of pyridine rings is 1. The predicted molar refractivity (Wildman–Crippen MR) is 121 cm³/mol. The molecule has 1 amide bonds. The molecule has 6 nitrogen and oxygen atoms in total. The zero-order valence-electron chi connectivity index (χ0n) is 18.0. The van der Waals surface area contributed by atoms with Crippen LogP contribution >= 0.6 is 0 Å². The molecule has 0 aliphatic carbocycles. The lowest BCUT2D eigenvalue weighted by Crippen LogP contribution is -2.29. The lowest BCUT2D eigenvalue weighted by Gasteiger charge is -2.17. The number of rotatable bonds is 7. The van der Waals surface area contributed by atoms with E-state index in [4.69, 9.17) is 9.72 Å². The van der Waals surface area contributed by atoms with Crippen LogP contribution in [0.2, 0.25) is 0 Å². The molecular formula is C25H26N4O2. The highest BCUT2D eigenvalue weighted by Crippen LogP contribution is 2.23. The van der Waals surface area contributed by atoms with E-state index < -0.39 is 0 Å². The number of carbonyl (C=O) groups is 1. The topological polar surface area (TPSA) is 69.0 Å². The van der Waals surface area contributed by atoms with E-state index in [0.29, 0.717) is 18.8 Å². The number of amides is 1. The Balaban J connectivity index is 1.55. The summed E-state index contributed by atoms with van der Waals surface area (Å²) in [5.41, 5.74) is 4.64. The van der Waals surface area contributed by atoms with E-state index in [1.54, 1.807) is 24.4 Å². The molecule has 0 spiro atoms. The fourth-order valence-corrected chi connectivity index (χ4v) is 3.62. The van der Waals surface area contributed by atoms with Gasteiger partial charge in [0, 0.05) is 6.20 Å². The van der Waals surface area contributed by atoms with Crippen LogP contribution in [0, 0.1) is 13.8 Å². The van der Waals surface area contributed by atoms with Gasteiger partial charge in [-0.2, -0.15) is 0 Å². The van der Waals surface area contributed by atoms with E-state index >= 15 is 0 Å². The van der Waals surface area contributed by atoms with Crippen molar-refractivity contribution in [2.75, 3.05) is 6.61 Å². The summed E-state index contributed by atoms with van der Waals surface area (Å²) < 4.78 is 8.19. The molecular weight excluding hydrogens is 388 g/mol. The third-order valence-electron chi connectivity index (χ3n) is 5.44. The van der Waals surface area contributed by atoms with Crippen LogP contribution in [0.15, 0.2) is 66.9 Å². The standard InChI is InChI=1S/C25H26N4O2/c1-17-9-8-13-23(18(17)2)31-16-15-29-22-12-5-4-10-20(22)28-24(29)19(3)27-25(30)21-11-6-7-14-26-21/h4-14,19H,15-16H2,1-3H3,(H,27,30). The number of fused-ring (bicyclic) bond motifs is 1. The molecule has 4 rings (SSSR count). The highest BCUT2D eigenvalue weighted by molar-refractivity contribution is 5.92. The molecule has 1 unspecified atom stereocenters. The van der Waals surface area contributed by atoms with Crippen LogP contribution in [-0.4, -0.2) is 27.0 Å². The van der Waals surface area contributed by atoms with E-state index in [2.05, 4.69) is 34.8 Å². The lowest BCUT2D eigenvalue weighted by molar-refractivity contribution is 0.0932. The van der Waals surface area contributed by atoms with Crippen molar-refractivity contribution >= 4 is 16.9 Å². The molecule has 2 aromatic heterocycles. The van der Waals surface area contributed by atoms with E-state index in [-0.39, 0.29) is 11.9 Å². The highest BCUT2D eigenvalue weighted by atomic mass is 16.5. The first-order chi connectivity index (χ1) is 15.0. The van der Waals surface area contributed by atoms with Crippen LogP contribution in [0.1, 0.15) is 40.4 Å².